The van der Waals surface area contributed by atoms with E-state index in [1.807, 2.05) is 44.2 Å². The van der Waals surface area contributed by atoms with Crippen molar-refractivity contribution in [2.75, 3.05) is 13.7 Å². The maximum atomic E-state index is 12.4. The van der Waals surface area contributed by atoms with Gasteiger partial charge in [0.05, 0.1) is 17.3 Å². The average Bonchev–Trinajstić information content (AvgIpc) is 2.98. The number of fused-ring (bicyclic) bond motifs is 1. The van der Waals surface area contributed by atoms with Crippen molar-refractivity contribution < 1.29 is 14.3 Å². The fourth-order valence-corrected chi connectivity index (χ4v) is 2.90. The zero-order chi connectivity index (χ0) is 19.6. The second-order valence-electron chi connectivity index (χ2n) is 6.47. The number of carbonyl (C=O) groups is 2. The molecule has 1 atom stereocenters. The molecule has 0 bridgehead atoms. The summed E-state index contributed by atoms with van der Waals surface area (Å²) in [5.41, 5.74) is 2.78. The number of likely N-dealkylation sites (N-methyl/N-ethyl adjacent to an activating group) is 1. The fraction of sp³-hybridized carbons (Fsp3) is 0.300. The zero-order valence-electron chi connectivity index (χ0n) is 15.8. The molecule has 0 saturated carbocycles. The van der Waals surface area contributed by atoms with E-state index in [4.69, 9.17) is 4.74 Å². The van der Waals surface area contributed by atoms with E-state index in [2.05, 4.69) is 10.1 Å². The van der Waals surface area contributed by atoms with Gasteiger partial charge < -0.3 is 9.64 Å². The van der Waals surface area contributed by atoms with E-state index in [1.54, 1.807) is 29.7 Å². The third kappa shape index (κ3) is 3.81. The Morgan fingerprint density at radius 1 is 1.26 bits per heavy atom. The molecule has 0 aliphatic heterocycles. The molecule has 0 aliphatic rings. The Labute approximate surface area is 157 Å². The SMILES string of the molecule is Cc1nn(C)c2ncc(C(=O)OCC(=O)N(C)[C@@H](C)c3ccccc3)cc12. The summed E-state index contributed by atoms with van der Waals surface area (Å²) in [6.07, 6.45) is 1.44. The van der Waals surface area contributed by atoms with Crippen LogP contribution in [0.4, 0.5) is 0 Å². The number of aryl methyl sites for hydroxylation is 2. The molecule has 7 heteroatoms. The Bertz CT molecular complexity index is 982. The van der Waals surface area contributed by atoms with Crippen molar-refractivity contribution in [2.24, 2.45) is 7.05 Å². The van der Waals surface area contributed by atoms with Gasteiger partial charge >= 0.3 is 5.97 Å². The molecule has 2 aromatic heterocycles. The molecule has 0 unspecified atom stereocenters. The van der Waals surface area contributed by atoms with Crippen molar-refractivity contribution in [3.8, 4) is 0 Å². The predicted octanol–water partition coefficient (Wildman–Crippen LogP) is 2.65. The molecule has 0 radical (unpaired) electrons. The van der Waals surface area contributed by atoms with Gasteiger partial charge in [-0.05, 0) is 25.5 Å². The Hall–Kier alpha value is -3.22. The summed E-state index contributed by atoms with van der Waals surface area (Å²) in [6.45, 7) is 3.46. The fourth-order valence-electron chi connectivity index (χ4n) is 2.90. The molecule has 3 aromatic rings. The molecule has 7 nitrogen and oxygen atoms in total. The topological polar surface area (TPSA) is 77.3 Å². The van der Waals surface area contributed by atoms with Crippen LogP contribution >= 0.6 is 0 Å². The number of amides is 1. The highest BCUT2D eigenvalue weighted by atomic mass is 16.5. The van der Waals surface area contributed by atoms with Crippen LogP contribution in [0.1, 0.15) is 34.6 Å². The molecule has 0 spiro atoms. The van der Waals surface area contributed by atoms with Gasteiger partial charge in [0.15, 0.2) is 12.3 Å². The molecule has 0 saturated heterocycles. The summed E-state index contributed by atoms with van der Waals surface area (Å²) in [6, 6.07) is 11.3. The van der Waals surface area contributed by atoms with E-state index >= 15 is 0 Å². The maximum absolute atomic E-state index is 12.4. The van der Waals surface area contributed by atoms with E-state index in [0.29, 0.717) is 11.2 Å². The van der Waals surface area contributed by atoms with Gasteiger partial charge in [-0.25, -0.2) is 9.78 Å². The number of ether oxygens (including phenoxy) is 1. The number of nitrogens with zero attached hydrogens (tertiary/aromatic N) is 4. The molecule has 27 heavy (non-hydrogen) atoms. The first-order valence-electron chi connectivity index (χ1n) is 8.65. The lowest BCUT2D eigenvalue weighted by Gasteiger charge is -2.25. The quantitative estimate of drug-likeness (QED) is 0.649. The minimum atomic E-state index is -0.582. The molecule has 1 amide bonds. The van der Waals surface area contributed by atoms with E-state index < -0.39 is 5.97 Å². The van der Waals surface area contributed by atoms with Crippen molar-refractivity contribution >= 4 is 22.9 Å². The van der Waals surface area contributed by atoms with Gasteiger partial charge in [0.25, 0.3) is 5.91 Å². The monoisotopic (exact) mass is 366 g/mol. The van der Waals surface area contributed by atoms with Crippen molar-refractivity contribution in [1.82, 2.24) is 19.7 Å². The zero-order valence-corrected chi connectivity index (χ0v) is 15.8. The van der Waals surface area contributed by atoms with E-state index in [9.17, 15) is 9.59 Å². The highest BCUT2D eigenvalue weighted by molar-refractivity contribution is 5.94. The normalized spacial score (nSPS) is 12.0. The molecule has 0 fully saturated rings. The summed E-state index contributed by atoms with van der Waals surface area (Å²) < 4.78 is 6.85. The minimum absolute atomic E-state index is 0.117. The number of rotatable bonds is 5. The lowest BCUT2D eigenvalue weighted by molar-refractivity contribution is -0.135. The summed E-state index contributed by atoms with van der Waals surface area (Å²) in [7, 11) is 3.49. The molecule has 0 N–H and O–H groups in total. The molecule has 0 aliphatic carbocycles. The average molecular weight is 366 g/mol. The number of esters is 1. The van der Waals surface area contributed by atoms with Gasteiger partial charge in [0, 0.05) is 25.7 Å². The first-order valence-corrected chi connectivity index (χ1v) is 8.65. The summed E-state index contributed by atoms with van der Waals surface area (Å²) in [4.78, 5) is 30.5. The van der Waals surface area contributed by atoms with Crippen LogP contribution in [-0.4, -0.2) is 45.2 Å². The van der Waals surface area contributed by atoms with Crippen molar-refractivity contribution in [3.63, 3.8) is 0 Å². The Balaban J connectivity index is 1.64. The summed E-state index contributed by atoms with van der Waals surface area (Å²) >= 11 is 0. The molecule has 140 valence electrons. The van der Waals surface area contributed by atoms with E-state index in [-0.39, 0.29) is 18.6 Å². The first kappa shape index (κ1) is 18.6. The van der Waals surface area contributed by atoms with Gasteiger partial charge in [-0.15, -0.1) is 0 Å². The van der Waals surface area contributed by atoms with Crippen LogP contribution in [0, 0.1) is 6.92 Å². The predicted molar refractivity (Wildman–Crippen MR) is 101 cm³/mol. The third-order valence-corrected chi connectivity index (χ3v) is 4.68. The van der Waals surface area contributed by atoms with Gasteiger partial charge in [0.1, 0.15) is 0 Å². The molecular weight excluding hydrogens is 344 g/mol. The van der Waals surface area contributed by atoms with E-state index in [1.165, 1.54) is 6.20 Å². The van der Waals surface area contributed by atoms with Crippen LogP contribution in [0.15, 0.2) is 42.6 Å². The number of benzene rings is 1. The van der Waals surface area contributed by atoms with Crippen LogP contribution in [0.3, 0.4) is 0 Å². The third-order valence-electron chi connectivity index (χ3n) is 4.68. The van der Waals surface area contributed by atoms with Crippen molar-refractivity contribution in [2.45, 2.75) is 19.9 Å². The summed E-state index contributed by atoms with van der Waals surface area (Å²) in [5, 5.41) is 5.06. The van der Waals surface area contributed by atoms with Crippen molar-refractivity contribution in [3.05, 3.63) is 59.4 Å². The van der Waals surface area contributed by atoms with E-state index in [0.717, 1.165) is 16.6 Å². The minimum Gasteiger partial charge on any atom is -0.452 e. The number of carbonyl (C=O) groups excluding carboxylic acids is 2. The summed E-state index contributed by atoms with van der Waals surface area (Å²) in [5.74, 6) is -0.854. The lowest BCUT2D eigenvalue weighted by Crippen LogP contribution is -2.33. The Morgan fingerprint density at radius 3 is 2.67 bits per heavy atom. The van der Waals surface area contributed by atoms with Crippen LogP contribution < -0.4 is 0 Å². The highest BCUT2D eigenvalue weighted by Gasteiger charge is 2.20. The largest absolute Gasteiger partial charge is 0.452 e. The molecule has 1 aromatic carbocycles. The first-order chi connectivity index (χ1) is 12.9. The van der Waals surface area contributed by atoms with Crippen LogP contribution in [0.25, 0.3) is 11.0 Å². The van der Waals surface area contributed by atoms with Gasteiger partial charge in [-0.2, -0.15) is 5.10 Å². The number of pyridine rings is 1. The molecule has 2 heterocycles. The van der Waals surface area contributed by atoms with Gasteiger partial charge in [-0.1, -0.05) is 30.3 Å². The number of aromatic nitrogens is 3. The van der Waals surface area contributed by atoms with Gasteiger partial charge in [0.2, 0.25) is 0 Å². The number of hydrogen-bond acceptors (Lipinski definition) is 5. The van der Waals surface area contributed by atoms with Gasteiger partial charge in [-0.3, -0.25) is 9.48 Å². The Kier molecular flexibility index (Phi) is 5.21. The maximum Gasteiger partial charge on any atom is 0.340 e. The molecular formula is C20H22N4O3. The highest BCUT2D eigenvalue weighted by Crippen LogP contribution is 2.19. The second kappa shape index (κ2) is 7.57. The van der Waals surface area contributed by atoms with Crippen molar-refractivity contribution in [1.29, 1.82) is 0 Å². The smallest absolute Gasteiger partial charge is 0.340 e. The van der Waals surface area contributed by atoms with Crippen LogP contribution in [0.2, 0.25) is 0 Å². The second-order valence-corrected chi connectivity index (χ2v) is 6.47. The lowest BCUT2D eigenvalue weighted by atomic mass is 10.1. The molecule has 3 rings (SSSR count). The standard InChI is InChI=1S/C20H22N4O3/c1-13-17-10-16(11-21-19(17)24(4)22-13)20(26)27-12-18(25)23(3)14(2)15-8-6-5-7-9-15/h5-11,14H,12H2,1-4H3/t14-/m0/s1. The number of hydrogen-bond donors (Lipinski definition) is 0. The van der Waals surface area contributed by atoms with Crippen LogP contribution in [0.5, 0.6) is 0 Å². The van der Waals surface area contributed by atoms with Crippen LogP contribution in [-0.2, 0) is 16.6 Å². The Morgan fingerprint density at radius 2 is 1.96 bits per heavy atom.